The number of nitrogens with zero attached hydrogens (tertiary/aromatic N) is 1. The molecule has 2 fully saturated rings. The first-order chi connectivity index (χ1) is 8.04. The van der Waals surface area contributed by atoms with Gasteiger partial charge in [0.05, 0.1) is 6.04 Å². The molecule has 6 nitrogen and oxygen atoms in total. The van der Waals surface area contributed by atoms with Crippen LogP contribution in [-0.2, 0) is 29.7 Å². The lowest BCUT2D eigenvalue weighted by atomic mass is 10.1. The van der Waals surface area contributed by atoms with Crippen molar-refractivity contribution in [3.63, 3.8) is 0 Å². The van der Waals surface area contributed by atoms with Gasteiger partial charge in [0, 0.05) is 0 Å². The van der Waals surface area contributed by atoms with E-state index in [-0.39, 0.29) is 12.3 Å². The predicted octanol–water partition coefficient (Wildman–Crippen LogP) is 0.700. The molecule has 98 valence electrons. The molecule has 2 rings (SSSR count). The Kier molecular flexibility index (Phi) is 3.82. The maximum Gasteiger partial charge on any atom is 0.339 e. The molecule has 0 spiro atoms. The molecular weight excluding hydrogens is 246 g/mol. The van der Waals surface area contributed by atoms with E-state index >= 15 is 0 Å². The molecule has 0 aromatic carbocycles. The van der Waals surface area contributed by atoms with Crippen LogP contribution in [0.4, 0.5) is 0 Å². The maximum absolute atomic E-state index is 11.7. The number of ether oxygens (including phenoxy) is 2. The summed E-state index contributed by atoms with van der Waals surface area (Å²) in [7, 11) is 0. The van der Waals surface area contributed by atoms with E-state index in [1.807, 2.05) is 6.92 Å². The predicted molar refractivity (Wildman–Crippen MR) is 59.7 cm³/mol. The topological polar surface area (TPSA) is 65.1 Å². The van der Waals surface area contributed by atoms with Gasteiger partial charge in [0.2, 0.25) is 0 Å². The molecule has 2 aliphatic heterocycles. The Hall–Kier alpha value is -0.500. The summed E-state index contributed by atoms with van der Waals surface area (Å²) < 4.78 is 28.8. The molecule has 0 aliphatic carbocycles. The molecule has 0 radical (unpaired) electrons. The van der Waals surface area contributed by atoms with Gasteiger partial charge < -0.3 is 13.7 Å². The zero-order valence-corrected chi connectivity index (χ0v) is 10.9. The monoisotopic (exact) mass is 263 g/mol. The summed E-state index contributed by atoms with van der Waals surface area (Å²) in [5.74, 6) is -0.461. The third kappa shape index (κ3) is 2.37. The molecule has 1 unspecified atom stereocenters. The molecule has 0 saturated carbocycles. The van der Waals surface area contributed by atoms with Crippen molar-refractivity contribution >= 4 is 17.2 Å². The Morgan fingerprint density at radius 3 is 2.47 bits per heavy atom. The molecule has 0 aromatic rings. The zero-order valence-electron chi connectivity index (χ0n) is 10.1. The normalized spacial score (nSPS) is 39.8. The Bertz CT molecular complexity index is 331. The fourth-order valence-corrected chi connectivity index (χ4v) is 3.20. The van der Waals surface area contributed by atoms with Gasteiger partial charge in [-0.25, -0.2) is 4.79 Å². The fourth-order valence-electron chi connectivity index (χ4n) is 2.06. The van der Waals surface area contributed by atoms with Crippen LogP contribution in [0.5, 0.6) is 0 Å². The summed E-state index contributed by atoms with van der Waals surface area (Å²) in [6.07, 6.45) is 0.967. The van der Waals surface area contributed by atoms with E-state index < -0.39 is 29.6 Å². The standard InChI is InChI=1S/C10H17NO5S/c1-4-5-8(10-14-7(3)15-10)11-6(2)9(12)16-17(11)13/h6-8,10H,4-5H2,1-3H3/t6-,7?,8-,10?,17?/m0/s1. The van der Waals surface area contributed by atoms with E-state index in [0.29, 0.717) is 0 Å². The lowest BCUT2D eigenvalue weighted by Crippen LogP contribution is -2.55. The van der Waals surface area contributed by atoms with Gasteiger partial charge in [0.25, 0.3) is 11.3 Å². The molecule has 3 atom stereocenters. The summed E-state index contributed by atoms with van der Waals surface area (Å²) in [6, 6.07) is -0.728. The molecule has 2 aliphatic rings. The van der Waals surface area contributed by atoms with Gasteiger partial charge >= 0.3 is 5.97 Å². The van der Waals surface area contributed by atoms with Crippen molar-refractivity contribution in [1.29, 1.82) is 0 Å². The first kappa shape index (κ1) is 12.9. The number of hydrogen-bond acceptors (Lipinski definition) is 5. The summed E-state index contributed by atoms with van der Waals surface area (Å²) >= 11 is -1.73. The number of hydrogen-bond donors (Lipinski definition) is 0. The average molecular weight is 263 g/mol. The number of carbonyl (C=O) groups excluding carboxylic acids is 1. The Labute approximate surface area is 103 Å². The van der Waals surface area contributed by atoms with Gasteiger partial charge in [0.15, 0.2) is 12.6 Å². The van der Waals surface area contributed by atoms with Gasteiger partial charge in [-0.2, -0.15) is 8.51 Å². The fraction of sp³-hybridized carbons (Fsp3) is 0.900. The Morgan fingerprint density at radius 2 is 2.06 bits per heavy atom. The zero-order chi connectivity index (χ0) is 12.6. The van der Waals surface area contributed by atoms with Crippen molar-refractivity contribution in [3.05, 3.63) is 0 Å². The van der Waals surface area contributed by atoms with Crippen LogP contribution < -0.4 is 0 Å². The molecule has 7 heteroatoms. The van der Waals surface area contributed by atoms with Crippen LogP contribution in [0, 0.1) is 0 Å². The van der Waals surface area contributed by atoms with E-state index in [9.17, 15) is 9.00 Å². The highest BCUT2D eigenvalue weighted by Crippen LogP contribution is 2.30. The minimum absolute atomic E-state index is 0.210. The molecule has 0 N–H and O–H groups in total. The highest BCUT2D eigenvalue weighted by atomic mass is 32.2. The molecular formula is C10H17NO5S. The van der Waals surface area contributed by atoms with Crippen LogP contribution >= 0.6 is 0 Å². The van der Waals surface area contributed by atoms with Crippen LogP contribution in [0.3, 0.4) is 0 Å². The second-order valence-electron chi connectivity index (χ2n) is 4.22. The Morgan fingerprint density at radius 1 is 1.41 bits per heavy atom. The van der Waals surface area contributed by atoms with Crippen LogP contribution in [0.15, 0.2) is 0 Å². The van der Waals surface area contributed by atoms with Gasteiger partial charge in [-0.15, -0.1) is 0 Å². The summed E-state index contributed by atoms with van der Waals surface area (Å²) in [6.45, 7) is 5.49. The summed E-state index contributed by atoms with van der Waals surface area (Å²) in [5.41, 5.74) is 0. The second kappa shape index (κ2) is 5.01. The van der Waals surface area contributed by atoms with Crippen molar-refractivity contribution in [2.24, 2.45) is 0 Å². The minimum atomic E-state index is -1.73. The minimum Gasteiger partial charge on any atom is -0.351 e. The van der Waals surface area contributed by atoms with E-state index in [0.717, 1.165) is 12.8 Å². The van der Waals surface area contributed by atoms with Crippen molar-refractivity contribution < 1.29 is 22.7 Å². The Balaban J connectivity index is 2.10. The van der Waals surface area contributed by atoms with Crippen molar-refractivity contribution in [1.82, 2.24) is 4.31 Å². The maximum atomic E-state index is 11.7. The van der Waals surface area contributed by atoms with Gasteiger partial charge in [-0.1, -0.05) is 13.3 Å². The molecule has 17 heavy (non-hydrogen) atoms. The van der Waals surface area contributed by atoms with Gasteiger partial charge in [-0.05, 0) is 20.3 Å². The smallest absolute Gasteiger partial charge is 0.339 e. The highest BCUT2D eigenvalue weighted by Gasteiger charge is 2.48. The van der Waals surface area contributed by atoms with E-state index in [1.54, 1.807) is 13.8 Å². The first-order valence-corrected chi connectivity index (χ1v) is 6.81. The largest absolute Gasteiger partial charge is 0.351 e. The number of carbonyl (C=O) groups is 1. The van der Waals surface area contributed by atoms with E-state index in [2.05, 4.69) is 0 Å². The van der Waals surface area contributed by atoms with E-state index in [4.69, 9.17) is 13.7 Å². The highest BCUT2D eigenvalue weighted by molar-refractivity contribution is 7.78. The van der Waals surface area contributed by atoms with Crippen LogP contribution in [0.25, 0.3) is 0 Å². The van der Waals surface area contributed by atoms with Crippen LogP contribution in [0.1, 0.15) is 33.6 Å². The summed E-state index contributed by atoms with van der Waals surface area (Å²) in [4.78, 5) is 11.4. The summed E-state index contributed by atoms with van der Waals surface area (Å²) in [5, 5.41) is 0. The quantitative estimate of drug-likeness (QED) is 0.747. The lowest BCUT2D eigenvalue weighted by Gasteiger charge is -2.41. The van der Waals surface area contributed by atoms with Crippen molar-refractivity contribution in [2.75, 3.05) is 0 Å². The van der Waals surface area contributed by atoms with Crippen LogP contribution in [-0.4, -0.2) is 39.1 Å². The van der Waals surface area contributed by atoms with Crippen molar-refractivity contribution in [3.8, 4) is 0 Å². The molecule has 2 heterocycles. The van der Waals surface area contributed by atoms with Crippen molar-refractivity contribution in [2.45, 2.75) is 58.3 Å². The SMILES string of the molecule is CCC[C@@H](C1OC(C)O1)N1[C@@H](C)C(=O)OS1=O. The third-order valence-corrected chi connectivity index (χ3v) is 4.16. The van der Waals surface area contributed by atoms with E-state index in [1.165, 1.54) is 4.31 Å². The second-order valence-corrected chi connectivity index (χ2v) is 5.24. The molecule has 0 bridgehead atoms. The average Bonchev–Trinajstić information content (AvgIpc) is 2.47. The van der Waals surface area contributed by atoms with Gasteiger partial charge in [0.1, 0.15) is 6.04 Å². The molecule has 0 aromatic heterocycles. The number of rotatable bonds is 4. The lowest BCUT2D eigenvalue weighted by molar-refractivity contribution is -0.389. The molecule has 2 saturated heterocycles. The van der Waals surface area contributed by atoms with Gasteiger partial charge in [-0.3, -0.25) is 0 Å². The first-order valence-electron chi connectivity index (χ1n) is 5.78. The molecule has 0 amide bonds. The third-order valence-electron chi connectivity index (χ3n) is 2.93. The van der Waals surface area contributed by atoms with Crippen LogP contribution in [0.2, 0.25) is 0 Å².